The van der Waals surface area contributed by atoms with Crippen molar-refractivity contribution in [3.63, 3.8) is 0 Å². The Hall–Kier alpha value is -2.20. The van der Waals surface area contributed by atoms with Gasteiger partial charge in [-0.05, 0) is 36.0 Å². The minimum absolute atomic E-state index is 0.370. The second-order valence-electron chi connectivity index (χ2n) is 6.35. The van der Waals surface area contributed by atoms with Crippen LogP contribution in [0.1, 0.15) is 17.4 Å². The zero-order valence-corrected chi connectivity index (χ0v) is 15.8. The van der Waals surface area contributed by atoms with Crippen LogP contribution in [-0.4, -0.2) is 13.2 Å². The van der Waals surface area contributed by atoms with E-state index in [9.17, 15) is 13.2 Å². The van der Waals surface area contributed by atoms with Gasteiger partial charge in [-0.3, -0.25) is 0 Å². The monoisotopic (exact) mass is 402 g/mol. The lowest BCUT2D eigenvalue weighted by molar-refractivity contribution is -0.137. The number of ether oxygens (including phenoxy) is 2. The Morgan fingerprint density at radius 2 is 1.29 bits per heavy atom. The van der Waals surface area contributed by atoms with Crippen LogP contribution < -0.4 is 15.9 Å². The maximum Gasteiger partial charge on any atom is 0.416 e. The van der Waals surface area contributed by atoms with Crippen LogP contribution in [0.15, 0.2) is 78.9 Å². The Labute approximate surface area is 162 Å². The van der Waals surface area contributed by atoms with Crippen LogP contribution in [-0.2, 0) is 15.7 Å². The molecule has 6 heteroatoms. The first kappa shape index (κ1) is 19.1. The maximum atomic E-state index is 13.4. The van der Waals surface area contributed by atoms with E-state index in [1.54, 1.807) is 6.07 Å². The van der Waals surface area contributed by atoms with Crippen molar-refractivity contribution >= 4 is 23.8 Å². The second kappa shape index (κ2) is 8.04. The van der Waals surface area contributed by atoms with Gasteiger partial charge in [0.25, 0.3) is 0 Å². The molecule has 0 unspecified atom stereocenters. The molecule has 0 amide bonds. The summed E-state index contributed by atoms with van der Waals surface area (Å²) in [6.45, 7) is 0.740. The molecule has 0 N–H and O–H groups in total. The van der Waals surface area contributed by atoms with Gasteiger partial charge in [-0.1, -0.05) is 66.7 Å². The fraction of sp³-hybridized carbons (Fsp3) is 0.182. The molecule has 0 bridgehead atoms. The second-order valence-corrected chi connectivity index (χ2v) is 8.54. The molecule has 3 aromatic rings. The minimum atomic E-state index is -4.42. The third-order valence-electron chi connectivity index (χ3n) is 4.50. The third-order valence-corrected chi connectivity index (χ3v) is 7.02. The van der Waals surface area contributed by atoms with E-state index in [-0.39, 0.29) is 0 Å². The predicted molar refractivity (Wildman–Crippen MR) is 105 cm³/mol. The first-order chi connectivity index (χ1) is 13.5. The summed E-state index contributed by atoms with van der Waals surface area (Å²) >= 11 is 0. The lowest BCUT2D eigenvalue weighted by atomic mass is 10.1. The zero-order chi connectivity index (χ0) is 19.6. The van der Waals surface area contributed by atoms with Gasteiger partial charge >= 0.3 is 6.18 Å². The van der Waals surface area contributed by atoms with Gasteiger partial charge in [-0.15, -0.1) is 0 Å². The highest BCUT2D eigenvalue weighted by molar-refractivity contribution is 7.79. The van der Waals surface area contributed by atoms with E-state index in [0.29, 0.717) is 18.8 Å². The molecule has 1 heterocycles. The molecule has 0 saturated carbocycles. The van der Waals surface area contributed by atoms with Crippen LogP contribution in [0.4, 0.5) is 13.2 Å². The van der Waals surface area contributed by atoms with Gasteiger partial charge in [0.05, 0.1) is 18.8 Å². The van der Waals surface area contributed by atoms with Crippen molar-refractivity contribution in [2.75, 3.05) is 13.2 Å². The van der Waals surface area contributed by atoms with Crippen LogP contribution in [0.25, 0.3) is 0 Å². The van der Waals surface area contributed by atoms with Crippen molar-refractivity contribution in [2.24, 2.45) is 0 Å². The topological polar surface area (TPSA) is 18.5 Å². The van der Waals surface area contributed by atoms with Crippen LogP contribution in [0.3, 0.4) is 0 Å². The van der Waals surface area contributed by atoms with Crippen LogP contribution in [0.5, 0.6) is 0 Å². The molecule has 0 aromatic heterocycles. The average Bonchev–Trinajstić information content (AvgIpc) is 3.24. The van der Waals surface area contributed by atoms with Crippen LogP contribution in [0.2, 0.25) is 0 Å². The molecule has 144 valence electrons. The Morgan fingerprint density at radius 3 is 1.79 bits per heavy atom. The Morgan fingerprint density at radius 1 is 0.750 bits per heavy atom. The Balaban J connectivity index is 1.90. The van der Waals surface area contributed by atoms with Crippen molar-refractivity contribution in [1.82, 2.24) is 0 Å². The largest absolute Gasteiger partial charge is 0.416 e. The highest BCUT2D eigenvalue weighted by atomic mass is 31.1. The zero-order valence-electron chi connectivity index (χ0n) is 14.9. The number of halogens is 3. The Bertz CT molecular complexity index is 884. The van der Waals surface area contributed by atoms with Crippen molar-refractivity contribution in [1.29, 1.82) is 0 Å². The van der Waals surface area contributed by atoms with Crippen molar-refractivity contribution in [2.45, 2.75) is 12.5 Å². The quantitative estimate of drug-likeness (QED) is 0.598. The molecule has 2 nitrogen and oxygen atoms in total. The van der Waals surface area contributed by atoms with E-state index >= 15 is 0 Å². The summed E-state index contributed by atoms with van der Waals surface area (Å²) in [4.78, 5) is 0. The van der Waals surface area contributed by atoms with Crippen molar-refractivity contribution in [3.05, 3.63) is 90.0 Å². The van der Waals surface area contributed by atoms with Crippen LogP contribution >= 0.6 is 7.92 Å². The molecule has 4 rings (SSSR count). The van der Waals surface area contributed by atoms with E-state index in [4.69, 9.17) is 9.47 Å². The molecule has 1 aliphatic heterocycles. The molecular formula is C22H18F3O2P. The molecule has 0 radical (unpaired) electrons. The first-order valence-corrected chi connectivity index (χ1v) is 10.2. The van der Waals surface area contributed by atoms with E-state index in [0.717, 1.165) is 22.0 Å². The van der Waals surface area contributed by atoms with Gasteiger partial charge in [0.2, 0.25) is 0 Å². The normalized spacial score (nSPS) is 15.3. The van der Waals surface area contributed by atoms with Crippen molar-refractivity contribution in [3.8, 4) is 0 Å². The Kier molecular flexibility index (Phi) is 5.49. The average molecular weight is 402 g/mol. The molecule has 0 spiro atoms. The molecule has 1 aliphatic rings. The standard InChI is InChI=1S/C22H18F3O2P/c23-22(24,25)16-11-12-20(19(15-16)21-26-13-14-27-21)28(17-7-3-1-4-8-17)18-9-5-2-6-10-18/h1-12,15,21H,13-14H2. The third kappa shape index (κ3) is 3.97. The van der Waals surface area contributed by atoms with Crippen LogP contribution in [0, 0.1) is 0 Å². The lowest BCUT2D eigenvalue weighted by Crippen LogP contribution is -2.25. The SMILES string of the molecule is FC(F)(F)c1ccc(P(c2ccccc2)c2ccccc2)c(C2OCCO2)c1. The predicted octanol–water partition coefficient (Wildman–Crippen LogP) is 4.51. The fourth-order valence-electron chi connectivity index (χ4n) is 3.24. The van der Waals surface area contributed by atoms with E-state index in [1.165, 1.54) is 6.07 Å². The highest BCUT2D eigenvalue weighted by Gasteiger charge is 2.34. The maximum absolute atomic E-state index is 13.4. The highest BCUT2D eigenvalue weighted by Crippen LogP contribution is 2.39. The number of rotatable bonds is 4. The van der Waals surface area contributed by atoms with Gasteiger partial charge in [0, 0.05) is 5.56 Å². The smallest absolute Gasteiger partial charge is 0.346 e. The summed E-state index contributed by atoms with van der Waals surface area (Å²) in [6.07, 6.45) is -5.21. The molecule has 0 aliphatic carbocycles. The molecule has 0 atom stereocenters. The summed E-state index contributed by atoms with van der Waals surface area (Å²) in [5, 5.41) is 2.93. The van der Waals surface area contributed by atoms with Gasteiger partial charge in [-0.25, -0.2) is 0 Å². The number of alkyl halides is 3. The van der Waals surface area contributed by atoms with Gasteiger partial charge in [-0.2, -0.15) is 13.2 Å². The molecular weight excluding hydrogens is 384 g/mol. The molecule has 3 aromatic carbocycles. The number of benzene rings is 3. The van der Waals surface area contributed by atoms with E-state index < -0.39 is 26.0 Å². The molecule has 28 heavy (non-hydrogen) atoms. The number of hydrogen-bond acceptors (Lipinski definition) is 2. The fourth-order valence-corrected chi connectivity index (χ4v) is 5.69. The van der Waals surface area contributed by atoms with E-state index in [2.05, 4.69) is 0 Å². The molecule has 1 saturated heterocycles. The lowest BCUT2D eigenvalue weighted by Gasteiger charge is -2.25. The van der Waals surface area contributed by atoms with Gasteiger partial charge in [0.15, 0.2) is 6.29 Å². The summed E-state index contributed by atoms with van der Waals surface area (Å²) in [5.74, 6) is 0. The van der Waals surface area contributed by atoms with E-state index in [1.807, 2.05) is 60.7 Å². The molecule has 1 fully saturated rings. The first-order valence-electron chi connectivity index (χ1n) is 8.88. The minimum Gasteiger partial charge on any atom is -0.346 e. The number of hydrogen-bond donors (Lipinski definition) is 0. The summed E-state index contributed by atoms with van der Waals surface area (Å²) in [6, 6.07) is 23.6. The van der Waals surface area contributed by atoms with Crippen molar-refractivity contribution < 1.29 is 22.6 Å². The van der Waals surface area contributed by atoms with Gasteiger partial charge in [0.1, 0.15) is 0 Å². The van der Waals surface area contributed by atoms with Gasteiger partial charge < -0.3 is 9.47 Å². The summed E-state index contributed by atoms with van der Waals surface area (Å²) < 4.78 is 51.3. The summed E-state index contributed by atoms with van der Waals surface area (Å²) in [7, 11) is -1.06. The summed E-state index contributed by atoms with van der Waals surface area (Å²) in [5.41, 5.74) is -0.243.